The molecule has 2 aromatic carbocycles. The summed E-state index contributed by atoms with van der Waals surface area (Å²) >= 11 is 0. The number of carbonyl (C=O) groups excluding carboxylic acids is 2. The van der Waals surface area contributed by atoms with Gasteiger partial charge in [0.1, 0.15) is 17.0 Å². The van der Waals surface area contributed by atoms with E-state index in [0.717, 1.165) is 23.6 Å². The highest BCUT2D eigenvalue weighted by Crippen LogP contribution is 2.37. The number of amides is 2. The van der Waals surface area contributed by atoms with Crippen LogP contribution in [-0.4, -0.2) is 60.6 Å². The number of hydrogen-bond donors (Lipinski definition) is 3. The molecule has 6 rings (SSSR count). The molecule has 0 aliphatic carbocycles. The van der Waals surface area contributed by atoms with E-state index in [1.165, 1.54) is 23.1 Å². The maximum Gasteiger partial charge on any atom is 0.293 e. The van der Waals surface area contributed by atoms with Crippen LogP contribution >= 0.6 is 0 Å². The number of benzene rings is 2. The van der Waals surface area contributed by atoms with Gasteiger partial charge in [-0.15, -0.1) is 0 Å². The van der Waals surface area contributed by atoms with Gasteiger partial charge in [0, 0.05) is 63.1 Å². The van der Waals surface area contributed by atoms with E-state index in [4.69, 9.17) is 4.74 Å². The Hall–Kier alpha value is -4.89. The van der Waals surface area contributed by atoms with Crippen LogP contribution in [0.1, 0.15) is 35.3 Å². The summed E-state index contributed by atoms with van der Waals surface area (Å²) in [7, 11) is -4.61. The molecule has 15 heteroatoms. The van der Waals surface area contributed by atoms with Crippen molar-refractivity contribution in [3.05, 3.63) is 82.2 Å². The Morgan fingerprint density at radius 2 is 1.89 bits per heavy atom. The number of aromatic nitrogens is 2. The number of fused-ring (bicyclic) bond motifs is 2. The Bertz CT molecular complexity index is 1910. The molecule has 0 spiro atoms. The number of aromatic amines is 1. The zero-order valence-corrected chi connectivity index (χ0v) is 24.0. The van der Waals surface area contributed by atoms with Gasteiger partial charge in [0.05, 0.1) is 32.5 Å². The molecule has 13 nitrogen and oxygen atoms in total. The number of alkyl halides is 1. The molecule has 2 aromatic heterocycles. The van der Waals surface area contributed by atoms with E-state index >= 15 is 4.39 Å². The SMILES string of the molecule is O=C(NS(=O)(=O)c1ccc(NCC2(F)CCOCC2)c([N+](=O)[O-])c1)c1ccccc1N1C(=O)CCc2nc3[nH]ccc3cc21. The van der Waals surface area contributed by atoms with Crippen molar-refractivity contribution in [1.29, 1.82) is 0 Å². The Morgan fingerprint density at radius 1 is 1.11 bits per heavy atom. The van der Waals surface area contributed by atoms with E-state index in [9.17, 15) is 28.1 Å². The number of rotatable bonds is 8. The van der Waals surface area contributed by atoms with Crippen LogP contribution in [0, 0.1) is 10.1 Å². The van der Waals surface area contributed by atoms with E-state index in [-0.39, 0.29) is 61.9 Å². The Balaban J connectivity index is 1.27. The standard InChI is InChI=1S/C29H27FN6O7S/c30-29(10-13-43-14-11-29)17-32-21-6-5-19(16-25(21)36(39)40)44(41,42)34-28(38)20-3-1-2-4-23(20)35-24-15-18-9-12-31-27(18)33-22(24)7-8-26(35)37/h1-6,9,12,15-16,32H,7-8,10-11,13-14,17H2,(H,31,33)(H,34,38). The number of aryl methyl sites for hydroxylation is 1. The van der Waals surface area contributed by atoms with Gasteiger partial charge in [-0.2, -0.15) is 0 Å². The van der Waals surface area contributed by atoms with Crippen LogP contribution in [0.4, 0.5) is 27.1 Å². The molecule has 2 aliphatic heterocycles. The maximum atomic E-state index is 15.0. The summed E-state index contributed by atoms with van der Waals surface area (Å²) in [4.78, 5) is 46.1. The van der Waals surface area contributed by atoms with Gasteiger partial charge in [0.2, 0.25) is 5.91 Å². The number of sulfonamides is 1. The van der Waals surface area contributed by atoms with Crippen LogP contribution in [0.3, 0.4) is 0 Å². The van der Waals surface area contributed by atoms with Crippen molar-refractivity contribution in [1.82, 2.24) is 14.7 Å². The quantitative estimate of drug-likeness (QED) is 0.193. The van der Waals surface area contributed by atoms with Crippen molar-refractivity contribution in [2.45, 2.75) is 36.2 Å². The lowest BCUT2D eigenvalue weighted by Crippen LogP contribution is -2.38. The number of para-hydroxylation sites is 1. The van der Waals surface area contributed by atoms with E-state index in [1.807, 2.05) is 4.72 Å². The highest BCUT2D eigenvalue weighted by molar-refractivity contribution is 7.90. The van der Waals surface area contributed by atoms with E-state index in [2.05, 4.69) is 15.3 Å². The first-order chi connectivity index (χ1) is 21.0. The maximum absolute atomic E-state index is 15.0. The number of carbonyl (C=O) groups is 2. The van der Waals surface area contributed by atoms with Crippen LogP contribution in [-0.2, 0) is 26.0 Å². The zero-order valence-electron chi connectivity index (χ0n) is 23.2. The molecule has 44 heavy (non-hydrogen) atoms. The fraction of sp³-hybridized carbons (Fsp3) is 0.276. The van der Waals surface area contributed by atoms with Crippen LogP contribution in [0.15, 0.2) is 65.7 Å². The Kier molecular flexibility index (Phi) is 7.51. The van der Waals surface area contributed by atoms with Gasteiger partial charge < -0.3 is 15.0 Å². The summed E-state index contributed by atoms with van der Waals surface area (Å²) in [5.74, 6) is -1.34. The molecule has 0 unspecified atom stereocenters. The van der Waals surface area contributed by atoms with Crippen molar-refractivity contribution in [2.75, 3.05) is 30.0 Å². The second-order valence-corrected chi connectivity index (χ2v) is 12.3. The minimum Gasteiger partial charge on any atom is -0.381 e. The third-order valence-corrected chi connectivity index (χ3v) is 9.06. The lowest BCUT2D eigenvalue weighted by molar-refractivity contribution is -0.384. The summed E-state index contributed by atoms with van der Waals surface area (Å²) in [5.41, 5.74) is -0.483. The molecule has 0 saturated carbocycles. The highest BCUT2D eigenvalue weighted by atomic mass is 32.2. The van der Waals surface area contributed by atoms with Gasteiger partial charge in [-0.05, 0) is 36.4 Å². The number of halogens is 1. The molecule has 4 heterocycles. The smallest absolute Gasteiger partial charge is 0.293 e. The first-order valence-corrected chi connectivity index (χ1v) is 15.3. The van der Waals surface area contributed by atoms with Gasteiger partial charge in [0.15, 0.2) is 0 Å². The predicted octanol–water partition coefficient (Wildman–Crippen LogP) is 4.13. The Morgan fingerprint density at radius 3 is 2.66 bits per heavy atom. The topological polar surface area (TPSA) is 177 Å². The molecule has 3 N–H and O–H groups in total. The average Bonchev–Trinajstić information content (AvgIpc) is 3.46. The number of nitrogens with zero attached hydrogens (tertiary/aromatic N) is 3. The second-order valence-electron chi connectivity index (χ2n) is 10.6. The zero-order chi connectivity index (χ0) is 31.1. The van der Waals surface area contributed by atoms with Crippen molar-refractivity contribution < 1.29 is 32.1 Å². The minimum atomic E-state index is -4.61. The van der Waals surface area contributed by atoms with E-state index < -0.39 is 37.1 Å². The molecule has 2 amide bonds. The molecule has 1 fully saturated rings. The molecular weight excluding hydrogens is 595 g/mol. The predicted molar refractivity (Wildman–Crippen MR) is 158 cm³/mol. The summed E-state index contributed by atoms with van der Waals surface area (Å²) in [6.45, 7) is 0.235. The van der Waals surface area contributed by atoms with Crippen LogP contribution in [0.5, 0.6) is 0 Å². The van der Waals surface area contributed by atoms with Crippen LogP contribution in [0.25, 0.3) is 11.0 Å². The highest BCUT2D eigenvalue weighted by Gasteiger charge is 2.34. The number of nitro groups is 1. The first-order valence-electron chi connectivity index (χ1n) is 13.8. The molecule has 2 aliphatic rings. The first kappa shape index (κ1) is 29.2. The average molecular weight is 623 g/mol. The normalized spacial score (nSPS) is 16.4. The van der Waals surface area contributed by atoms with Crippen molar-refractivity contribution >= 4 is 55.6 Å². The number of hydrogen-bond acceptors (Lipinski definition) is 9. The monoisotopic (exact) mass is 622 g/mol. The van der Waals surface area contributed by atoms with Gasteiger partial charge in [-0.3, -0.25) is 24.6 Å². The van der Waals surface area contributed by atoms with Crippen molar-refractivity contribution in [2.24, 2.45) is 0 Å². The van der Waals surface area contributed by atoms with Gasteiger partial charge in [-0.1, -0.05) is 12.1 Å². The molecule has 4 aromatic rings. The van der Waals surface area contributed by atoms with Gasteiger partial charge in [-0.25, -0.2) is 22.5 Å². The van der Waals surface area contributed by atoms with Gasteiger partial charge in [0.25, 0.3) is 21.6 Å². The number of pyridine rings is 1. The number of ether oxygens (including phenoxy) is 1. The van der Waals surface area contributed by atoms with E-state index in [1.54, 1.807) is 24.4 Å². The molecule has 0 atom stereocenters. The Labute approximate surface area is 250 Å². The molecular formula is C29H27FN6O7S. The summed E-state index contributed by atoms with van der Waals surface area (Å²) in [6, 6.07) is 12.7. The van der Waals surface area contributed by atoms with Gasteiger partial charge >= 0.3 is 0 Å². The second kappa shape index (κ2) is 11.3. The largest absolute Gasteiger partial charge is 0.381 e. The third-order valence-electron chi connectivity index (χ3n) is 7.73. The minimum absolute atomic E-state index is 0.0680. The number of nitro benzene ring substituents is 1. The fourth-order valence-corrected chi connectivity index (χ4v) is 6.35. The molecule has 228 valence electrons. The summed E-state index contributed by atoms with van der Waals surface area (Å²) in [6.07, 6.45) is 2.48. The molecule has 1 saturated heterocycles. The van der Waals surface area contributed by atoms with Crippen molar-refractivity contribution in [3.8, 4) is 0 Å². The van der Waals surface area contributed by atoms with Crippen molar-refractivity contribution in [3.63, 3.8) is 0 Å². The van der Waals surface area contributed by atoms with Crippen LogP contribution in [0.2, 0.25) is 0 Å². The van der Waals surface area contributed by atoms with Crippen LogP contribution < -0.4 is 14.9 Å². The fourth-order valence-electron chi connectivity index (χ4n) is 5.37. The van der Waals surface area contributed by atoms with E-state index in [0.29, 0.717) is 23.4 Å². The number of nitrogens with one attached hydrogen (secondary N) is 3. The lowest BCUT2D eigenvalue weighted by atomic mass is 9.96. The molecule has 0 bridgehead atoms. The molecule has 0 radical (unpaired) electrons. The third kappa shape index (κ3) is 5.58. The lowest BCUT2D eigenvalue weighted by Gasteiger charge is -2.30. The number of H-pyrrole nitrogens is 1. The number of anilines is 3. The summed E-state index contributed by atoms with van der Waals surface area (Å²) < 4.78 is 48.7. The summed E-state index contributed by atoms with van der Waals surface area (Å²) in [5, 5.41) is 15.3.